The molecule has 2 atom stereocenters. The Bertz CT molecular complexity index is 1550. The van der Waals surface area contributed by atoms with Crippen molar-refractivity contribution >= 4 is 39.8 Å². The lowest BCUT2D eigenvalue weighted by Crippen LogP contribution is -2.42. The van der Waals surface area contributed by atoms with Crippen molar-refractivity contribution in [2.45, 2.75) is 150 Å². The van der Waals surface area contributed by atoms with E-state index >= 15 is 0 Å². The number of hydrogen-bond acceptors (Lipinski definition) is 9. The fourth-order valence-electron chi connectivity index (χ4n) is 5.23. The number of aliphatic hydroxyl groups excluding tert-OH is 1. The highest BCUT2D eigenvalue weighted by Crippen LogP contribution is 2.51. The summed E-state index contributed by atoms with van der Waals surface area (Å²) in [6, 6.07) is 8.11. The summed E-state index contributed by atoms with van der Waals surface area (Å²) in [5.41, 5.74) is -3.85. The Labute approximate surface area is 305 Å². The maximum absolute atomic E-state index is 13.0. The van der Waals surface area contributed by atoms with Gasteiger partial charge in [-0.05, 0) is 59.8 Å². The van der Waals surface area contributed by atoms with E-state index in [0.29, 0.717) is 11.5 Å². The zero-order valence-corrected chi connectivity index (χ0v) is 34.2. The lowest BCUT2D eigenvalue weighted by atomic mass is 9.79. The van der Waals surface area contributed by atoms with Crippen LogP contribution in [0.4, 0.5) is 13.2 Å². The number of ether oxygens (including phenoxy) is 2. The second-order valence-corrected chi connectivity index (χ2v) is 22.9. The van der Waals surface area contributed by atoms with Gasteiger partial charge in [-0.2, -0.15) is 13.2 Å². The molecule has 0 fully saturated rings. The van der Waals surface area contributed by atoms with Gasteiger partial charge >= 0.3 is 5.51 Å². The van der Waals surface area contributed by atoms with Crippen molar-refractivity contribution in [2.24, 2.45) is 0 Å². The van der Waals surface area contributed by atoms with E-state index in [2.05, 4.69) is 67.5 Å². The van der Waals surface area contributed by atoms with Crippen molar-refractivity contribution in [3.63, 3.8) is 0 Å². The van der Waals surface area contributed by atoms with Gasteiger partial charge in [0.2, 0.25) is 0 Å². The van der Waals surface area contributed by atoms with E-state index < -0.39 is 54.8 Å². The predicted octanol–water partition coefficient (Wildman–Crippen LogP) is 9.42. The summed E-state index contributed by atoms with van der Waals surface area (Å²) < 4.78 is 73.2. The first-order chi connectivity index (χ1) is 22.2. The molecule has 0 aliphatic heterocycles. The second-order valence-electron chi connectivity index (χ2n) is 17.2. The van der Waals surface area contributed by atoms with Crippen molar-refractivity contribution < 1.29 is 46.1 Å². The number of carbonyl (C=O) groups is 1. The van der Waals surface area contributed by atoms with Crippen LogP contribution in [0.15, 0.2) is 34.1 Å². The Balaban J connectivity index is 2.61. The largest absolute Gasteiger partial charge is 0.507 e. The topological polar surface area (TPSA) is 110 Å². The number of benzene rings is 2. The first-order valence-electron chi connectivity index (χ1n) is 16.4. The molecular weight excluding hydrogens is 710 g/mol. The van der Waals surface area contributed by atoms with Crippen molar-refractivity contribution in [2.75, 3.05) is 12.4 Å². The SMILES string of the molecule is CC(C)(Sc1cc(C(C)(C)C)c(O)c(C(C)(C)C)c1)Sc1cc(C(C)(C)C)c(OCC(OC=O)[C@@H](O)CS(=O)(=O)C(F)(F)F)c(C(C)(C)C)c1. The fraction of sp³-hybridized carbons (Fsp3) is 0.649. The molecule has 0 bridgehead atoms. The molecule has 0 radical (unpaired) electrons. The van der Waals surface area contributed by atoms with Crippen LogP contribution >= 0.6 is 23.5 Å². The first-order valence-corrected chi connectivity index (χ1v) is 19.6. The molecule has 0 amide bonds. The van der Waals surface area contributed by atoms with Gasteiger partial charge in [-0.15, -0.1) is 23.5 Å². The highest BCUT2D eigenvalue weighted by Gasteiger charge is 2.48. The monoisotopic (exact) mass is 764 g/mol. The number of carbonyl (C=O) groups excluding carboxylic acids is 1. The molecule has 0 saturated carbocycles. The van der Waals surface area contributed by atoms with Crippen LogP contribution in [0.3, 0.4) is 0 Å². The van der Waals surface area contributed by atoms with Gasteiger partial charge in [0.05, 0.1) is 9.83 Å². The molecule has 0 aliphatic rings. The molecule has 0 heterocycles. The first kappa shape index (κ1) is 44.1. The number of rotatable bonds is 12. The molecular formula is C37H55F3O7S3. The molecule has 7 nitrogen and oxygen atoms in total. The van der Waals surface area contributed by atoms with E-state index in [-0.39, 0.29) is 17.3 Å². The van der Waals surface area contributed by atoms with Crippen LogP contribution in [0.5, 0.6) is 11.5 Å². The Hall–Kier alpha value is -2.09. The van der Waals surface area contributed by atoms with Crippen LogP contribution in [-0.2, 0) is 41.0 Å². The van der Waals surface area contributed by atoms with Gasteiger partial charge in [-0.3, -0.25) is 4.79 Å². The Kier molecular flexibility index (Phi) is 13.3. The smallest absolute Gasteiger partial charge is 0.497 e. The molecule has 13 heteroatoms. The number of aliphatic hydroxyl groups is 1. The maximum atomic E-state index is 13.0. The predicted molar refractivity (Wildman–Crippen MR) is 197 cm³/mol. The average molecular weight is 765 g/mol. The molecule has 0 aliphatic carbocycles. The van der Waals surface area contributed by atoms with Crippen LogP contribution in [-0.4, -0.2) is 59.3 Å². The number of hydrogen-bond donors (Lipinski definition) is 2. The molecule has 2 N–H and O–H groups in total. The van der Waals surface area contributed by atoms with Crippen molar-refractivity contribution in [3.8, 4) is 11.5 Å². The van der Waals surface area contributed by atoms with Crippen LogP contribution in [0.25, 0.3) is 0 Å². The van der Waals surface area contributed by atoms with Gasteiger partial charge < -0.3 is 19.7 Å². The Morgan fingerprint density at radius 2 is 1.08 bits per heavy atom. The minimum Gasteiger partial charge on any atom is -0.507 e. The van der Waals surface area contributed by atoms with Gasteiger partial charge in [0.1, 0.15) is 24.2 Å². The summed E-state index contributed by atoms with van der Waals surface area (Å²) in [5.74, 6) is -0.960. The van der Waals surface area contributed by atoms with Gasteiger partial charge in [-0.25, -0.2) is 8.42 Å². The fourth-order valence-corrected chi connectivity index (χ4v) is 8.67. The molecule has 0 saturated heterocycles. The molecule has 2 aromatic rings. The lowest BCUT2D eigenvalue weighted by Gasteiger charge is -2.33. The van der Waals surface area contributed by atoms with Crippen LogP contribution < -0.4 is 4.74 Å². The molecule has 2 rings (SSSR count). The third kappa shape index (κ3) is 11.5. The van der Waals surface area contributed by atoms with E-state index in [4.69, 9.17) is 9.47 Å². The third-order valence-corrected chi connectivity index (χ3v) is 11.8. The number of halogens is 3. The van der Waals surface area contributed by atoms with Crippen LogP contribution in [0, 0.1) is 0 Å². The van der Waals surface area contributed by atoms with Gasteiger partial charge in [0, 0.05) is 32.0 Å². The van der Waals surface area contributed by atoms with Gasteiger partial charge in [-0.1, -0.05) is 83.1 Å². The average Bonchev–Trinajstić information content (AvgIpc) is 2.88. The summed E-state index contributed by atoms with van der Waals surface area (Å²) in [5, 5.41) is 21.7. The number of aromatic hydroxyl groups is 1. The highest BCUT2D eigenvalue weighted by atomic mass is 32.2. The van der Waals surface area contributed by atoms with E-state index in [9.17, 15) is 36.6 Å². The van der Waals surface area contributed by atoms with E-state index in [1.54, 1.807) is 23.5 Å². The molecule has 1 unspecified atom stereocenters. The molecule has 284 valence electrons. The summed E-state index contributed by atoms with van der Waals surface area (Å²) in [7, 11) is -5.69. The Morgan fingerprint density at radius 3 is 1.40 bits per heavy atom. The molecule has 0 spiro atoms. The minimum atomic E-state index is -5.69. The summed E-state index contributed by atoms with van der Waals surface area (Å²) in [4.78, 5) is 13.2. The third-order valence-electron chi connectivity index (χ3n) is 7.90. The zero-order valence-electron chi connectivity index (χ0n) is 31.7. The summed E-state index contributed by atoms with van der Waals surface area (Å²) >= 11 is 3.33. The van der Waals surface area contributed by atoms with Crippen LogP contribution in [0.1, 0.15) is 119 Å². The normalized spacial score (nSPS) is 15.1. The van der Waals surface area contributed by atoms with E-state index in [0.717, 1.165) is 32.0 Å². The maximum Gasteiger partial charge on any atom is 0.497 e. The van der Waals surface area contributed by atoms with Crippen LogP contribution in [0.2, 0.25) is 0 Å². The number of phenols is 1. The lowest BCUT2D eigenvalue weighted by molar-refractivity contribution is -0.140. The quantitative estimate of drug-likeness (QED) is 0.124. The summed E-state index contributed by atoms with van der Waals surface area (Å²) in [6.45, 7) is 28.0. The van der Waals surface area contributed by atoms with Gasteiger partial charge in [0.15, 0.2) is 6.10 Å². The molecule has 0 aromatic heterocycles. The minimum absolute atomic E-state index is 0.0602. The van der Waals surface area contributed by atoms with Crippen molar-refractivity contribution in [1.29, 1.82) is 0 Å². The van der Waals surface area contributed by atoms with Crippen molar-refractivity contribution in [3.05, 3.63) is 46.5 Å². The zero-order chi connectivity index (χ0) is 39.1. The molecule has 50 heavy (non-hydrogen) atoms. The Morgan fingerprint density at radius 1 is 0.720 bits per heavy atom. The van der Waals surface area contributed by atoms with E-state index in [1.807, 2.05) is 53.7 Å². The number of phenolic OH excluding ortho intramolecular Hbond substituents is 1. The molecule has 2 aromatic carbocycles. The standard InChI is InChI=1S/C37H55F3O7S3/c1-32(2,3)24-15-22(16-25(30(24)43)33(4,5)6)48-36(13,14)49-23-17-26(34(7,8)9)31(27(18-23)35(10,11)12)46-19-29(47-21-41)28(42)20-50(44,45)37(38,39)40/h15-18,21,28-29,42-43H,19-20H2,1-14H3/t28-,29?/m0/s1. The number of alkyl halides is 3. The van der Waals surface area contributed by atoms with E-state index in [1.165, 1.54) is 0 Å². The number of thioether (sulfide) groups is 2. The van der Waals surface area contributed by atoms with Crippen molar-refractivity contribution in [1.82, 2.24) is 0 Å². The number of sulfone groups is 1. The second kappa shape index (κ2) is 15.1. The summed E-state index contributed by atoms with van der Waals surface area (Å²) in [6.07, 6.45) is -3.87. The highest BCUT2D eigenvalue weighted by molar-refractivity contribution is 8.18. The van der Waals surface area contributed by atoms with Gasteiger partial charge in [0.25, 0.3) is 16.3 Å².